The third-order valence-corrected chi connectivity index (χ3v) is 2.86. The zero-order chi connectivity index (χ0) is 15.8. The van der Waals surface area contributed by atoms with Crippen LogP contribution < -0.4 is 15.5 Å². The Labute approximate surface area is 123 Å². The van der Waals surface area contributed by atoms with Crippen molar-refractivity contribution < 1.29 is 19.8 Å². The van der Waals surface area contributed by atoms with Gasteiger partial charge in [-0.2, -0.15) is 0 Å². The molecule has 21 heavy (non-hydrogen) atoms. The summed E-state index contributed by atoms with van der Waals surface area (Å²) < 4.78 is 0. The average molecular weight is 295 g/mol. The first-order valence-electron chi connectivity index (χ1n) is 6.58. The van der Waals surface area contributed by atoms with Crippen LogP contribution in [0.5, 0.6) is 0 Å². The molecule has 1 amide bonds. The molecule has 0 heterocycles. The lowest BCUT2D eigenvalue weighted by Gasteiger charge is -2.15. The van der Waals surface area contributed by atoms with Crippen LogP contribution in [0.4, 0.5) is 11.4 Å². The molecule has 4 N–H and O–H groups in total. The van der Waals surface area contributed by atoms with E-state index in [1.807, 2.05) is 31.1 Å². The quantitative estimate of drug-likeness (QED) is 0.543. The lowest BCUT2D eigenvalue weighted by atomic mass is 10.2. The first-order valence-corrected chi connectivity index (χ1v) is 6.58. The number of carboxylic acid groups (broad SMARTS) is 1. The summed E-state index contributed by atoms with van der Waals surface area (Å²) in [4.78, 5) is 24.7. The molecule has 0 aliphatic carbocycles. The maximum absolute atomic E-state index is 11.8. The molecule has 0 aliphatic rings. The number of aliphatic hydroxyl groups is 1. The Hall–Kier alpha value is -2.12. The minimum atomic E-state index is -1.12. The fourth-order valence-electron chi connectivity index (χ4n) is 1.73. The minimum absolute atomic E-state index is 0.127. The first-order chi connectivity index (χ1) is 9.93. The fourth-order valence-corrected chi connectivity index (χ4v) is 1.73. The Balaban J connectivity index is 2.57. The van der Waals surface area contributed by atoms with E-state index in [0.29, 0.717) is 5.69 Å². The zero-order valence-electron chi connectivity index (χ0n) is 12.2. The van der Waals surface area contributed by atoms with E-state index in [4.69, 9.17) is 10.2 Å². The lowest BCUT2D eigenvalue weighted by molar-refractivity contribution is -0.141. The second-order valence-corrected chi connectivity index (χ2v) is 4.76. The average Bonchev–Trinajstić information content (AvgIpc) is 2.43. The molecular formula is C14H21N3O4. The molecule has 1 rings (SSSR count). The summed E-state index contributed by atoms with van der Waals surface area (Å²) in [6.45, 7) is -0.0564. The van der Waals surface area contributed by atoms with Gasteiger partial charge in [-0.15, -0.1) is 0 Å². The highest BCUT2D eigenvalue weighted by Gasteiger charge is 2.20. The molecule has 1 atom stereocenters. The second kappa shape index (κ2) is 8.23. The maximum Gasteiger partial charge on any atom is 0.321 e. The molecule has 0 saturated heterocycles. The number of nitrogens with zero attached hydrogens (tertiary/aromatic N) is 1. The first kappa shape index (κ1) is 16.9. The Kier molecular flexibility index (Phi) is 6.64. The number of carbonyl (C=O) groups is 2. The number of hydrogen-bond acceptors (Lipinski definition) is 5. The van der Waals surface area contributed by atoms with Gasteiger partial charge in [-0.05, 0) is 24.3 Å². The largest absolute Gasteiger partial charge is 0.480 e. The van der Waals surface area contributed by atoms with E-state index in [-0.39, 0.29) is 19.6 Å². The highest BCUT2D eigenvalue weighted by atomic mass is 16.4. The van der Waals surface area contributed by atoms with E-state index in [1.54, 1.807) is 12.1 Å². The predicted octanol–water partition coefficient (Wildman–Crippen LogP) is 0.116. The Morgan fingerprint density at radius 3 is 2.33 bits per heavy atom. The van der Waals surface area contributed by atoms with Crippen molar-refractivity contribution in [3.63, 3.8) is 0 Å². The second-order valence-electron chi connectivity index (χ2n) is 4.76. The number of hydrogen-bond donors (Lipinski definition) is 4. The molecule has 0 radical (unpaired) electrons. The van der Waals surface area contributed by atoms with Crippen molar-refractivity contribution in [2.24, 2.45) is 0 Å². The number of aliphatic carboxylic acids is 1. The molecule has 0 fully saturated rings. The standard InChI is InChI=1S/C14H21N3O4/c1-17(2)11-5-3-10(4-6-11)16-13(19)9-12(14(20)21)15-7-8-18/h3-6,12,15,18H,7-9H2,1-2H3,(H,16,19)(H,20,21)/t12-/m0/s1. The van der Waals surface area contributed by atoms with Crippen molar-refractivity contribution in [1.29, 1.82) is 0 Å². The van der Waals surface area contributed by atoms with Crippen LogP contribution in [0.1, 0.15) is 6.42 Å². The van der Waals surface area contributed by atoms with E-state index in [2.05, 4.69) is 10.6 Å². The van der Waals surface area contributed by atoms with Crippen LogP contribution in [-0.4, -0.2) is 55.4 Å². The number of aliphatic hydroxyl groups excluding tert-OH is 1. The molecule has 0 aliphatic heterocycles. The monoisotopic (exact) mass is 295 g/mol. The zero-order valence-corrected chi connectivity index (χ0v) is 12.2. The number of nitrogens with one attached hydrogen (secondary N) is 2. The third-order valence-electron chi connectivity index (χ3n) is 2.86. The molecule has 0 aromatic heterocycles. The third kappa shape index (κ3) is 5.80. The van der Waals surface area contributed by atoms with Gasteiger partial charge >= 0.3 is 5.97 Å². The summed E-state index contributed by atoms with van der Waals surface area (Å²) in [5, 5.41) is 22.9. The van der Waals surface area contributed by atoms with Crippen molar-refractivity contribution in [2.75, 3.05) is 37.5 Å². The molecule has 0 spiro atoms. The molecule has 1 aromatic carbocycles. The fraction of sp³-hybridized carbons (Fsp3) is 0.429. The van der Waals surface area contributed by atoms with Crippen molar-refractivity contribution in [1.82, 2.24) is 5.32 Å². The van der Waals surface area contributed by atoms with Crippen LogP contribution in [0.3, 0.4) is 0 Å². The number of amides is 1. The number of benzene rings is 1. The van der Waals surface area contributed by atoms with E-state index in [1.165, 1.54) is 0 Å². The van der Waals surface area contributed by atoms with Gasteiger partial charge in [0.05, 0.1) is 13.0 Å². The summed E-state index contributed by atoms with van der Waals surface area (Å²) in [6, 6.07) is 6.20. The van der Waals surface area contributed by atoms with Gasteiger partial charge in [0.25, 0.3) is 0 Å². The van der Waals surface area contributed by atoms with E-state index >= 15 is 0 Å². The van der Waals surface area contributed by atoms with Crippen molar-refractivity contribution >= 4 is 23.3 Å². The Morgan fingerprint density at radius 1 is 1.24 bits per heavy atom. The Morgan fingerprint density at radius 2 is 1.86 bits per heavy atom. The molecule has 7 heteroatoms. The highest BCUT2D eigenvalue weighted by Crippen LogP contribution is 2.15. The summed E-state index contributed by atoms with van der Waals surface area (Å²) in [5.41, 5.74) is 1.61. The van der Waals surface area contributed by atoms with Gasteiger partial charge in [-0.3, -0.25) is 9.59 Å². The topological polar surface area (TPSA) is 102 Å². The summed E-state index contributed by atoms with van der Waals surface area (Å²) in [7, 11) is 3.83. The normalized spacial score (nSPS) is 11.8. The van der Waals surface area contributed by atoms with Crippen molar-refractivity contribution in [2.45, 2.75) is 12.5 Å². The van der Waals surface area contributed by atoms with Gasteiger partial charge in [0, 0.05) is 32.0 Å². The van der Waals surface area contributed by atoms with E-state index < -0.39 is 17.9 Å². The lowest BCUT2D eigenvalue weighted by Crippen LogP contribution is -2.41. The van der Waals surface area contributed by atoms with Crippen molar-refractivity contribution in [3.8, 4) is 0 Å². The van der Waals surface area contributed by atoms with Gasteiger partial charge in [-0.1, -0.05) is 0 Å². The minimum Gasteiger partial charge on any atom is -0.480 e. The predicted molar refractivity (Wildman–Crippen MR) is 80.5 cm³/mol. The van der Waals surface area contributed by atoms with Gasteiger partial charge in [-0.25, -0.2) is 0 Å². The van der Waals surface area contributed by atoms with Gasteiger partial charge in [0.1, 0.15) is 6.04 Å². The molecule has 7 nitrogen and oxygen atoms in total. The van der Waals surface area contributed by atoms with Crippen LogP contribution in [0.15, 0.2) is 24.3 Å². The summed E-state index contributed by atoms with van der Waals surface area (Å²) >= 11 is 0. The number of carbonyl (C=O) groups excluding carboxylic acids is 1. The van der Waals surface area contributed by atoms with E-state index in [9.17, 15) is 9.59 Å². The molecule has 0 bridgehead atoms. The SMILES string of the molecule is CN(C)c1ccc(NC(=O)C[C@H](NCCO)C(=O)O)cc1. The van der Waals surface area contributed by atoms with E-state index in [0.717, 1.165) is 5.69 Å². The van der Waals surface area contributed by atoms with Gasteiger partial charge < -0.3 is 25.7 Å². The molecular weight excluding hydrogens is 274 g/mol. The molecule has 0 saturated carbocycles. The van der Waals surface area contributed by atoms with Crippen LogP contribution in [0.2, 0.25) is 0 Å². The summed E-state index contributed by atoms with van der Waals surface area (Å²) in [6.07, 6.45) is -0.204. The highest BCUT2D eigenvalue weighted by molar-refractivity contribution is 5.94. The van der Waals surface area contributed by atoms with Gasteiger partial charge in [0.15, 0.2) is 0 Å². The number of carboxylic acids is 1. The van der Waals surface area contributed by atoms with Crippen molar-refractivity contribution in [3.05, 3.63) is 24.3 Å². The Bertz CT molecular complexity index is 474. The molecule has 1 aromatic rings. The summed E-state index contributed by atoms with van der Waals surface area (Å²) in [5.74, 6) is -1.52. The molecule has 116 valence electrons. The van der Waals surface area contributed by atoms with Crippen LogP contribution in [-0.2, 0) is 9.59 Å². The maximum atomic E-state index is 11.8. The van der Waals surface area contributed by atoms with Gasteiger partial charge in [0.2, 0.25) is 5.91 Å². The van der Waals surface area contributed by atoms with Crippen LogP contribution >= 0.6 is 0 Å². The van der Waals surface area contributed by atoms with Crippen LogP contribution in [0, 0.1) is 0 Å². The number of anilines is 2. The van der Waals surface area contributed by atoms with Crippen LogP contribution in [0.25, 0.3) is 0 Å². The molecule has 0 unspecified atom stereocenters. The smallest absolute Gasteiger partial charge is 0.321 e. The number of rotatable bonds is 8.